The van der Waals surface area contributed by atoms with Crippen LogP contribution in [0.4, 0.5) is 4.79 Å². The Bertz CT molecular complexity index is 693. The Morgan fingerprint density at radius 1 is 1.32 bits per heavy atom. The van der Waals surface area contributed by atoms with E-state index in [0.29, 0.717) is 13.1 Å². The van der Waals surface area contributed by atoms with E-state index in [0.717, 1.165) is 24.1 Å². The molecule has 3 amide bonds. The van der Waals surface area contributed by atoms with Gasteiger partial charge in [-0.2, -0.15) is 0 Å². The number of benzene rings is 1. The summed E-state index contributed by atoms with van der Waals surface area (Å²) in [7, 11) is 0. The van der Waals surface area contributed by atoms with Crippen LogP contribution in [0, 0.1) is 5.92 Å². The lowest BCUT2D eigenvalue weighted by atomic mass is 9.99. The van der Waals surface area contributed by atoms with Gasteiger partial charge in [0.15, 0.2) is 0 Å². The van der Waals surface area contributed by atoms with Gasteiger partial charge >= 0.3 is 6.09 Å². The molecule has 1 saturated heterocycles. The Kier molecular flexibility index (Phi) is 4.89. The third-order valence-corrected chi connectivity index (χ3v) is 4.64. The normalized spacial score (nSPS) is 21.1. The molecule has 0 saturated carbocycles. The largest absolute Gasteiger partial charge is 0.465 e. The van der Waals surface area contributed by atoms with Gasteiger partial charge in [-0.25, -0.2) is 9.80 Å². The van der Waals surface area contributed by atoms with Crippen LogP contribution in [0.5, 0.6) is 0 Å². The highest BCUT2D eigenvalue weighted by Gasteiger charge is 2.38. The van der Waals surface area contributed by atoms with E-state index < -0.39 is 18.1 Å². The van der Waals surface area contributed by atoms with Gasteiger partial charge < -0.3 is 15.7 Å². The van der Waals surface area contributed by atoms with E-state index >= 15 is 0 Å². The minimum absolute atomic E-state index is 0.000433. The molecule has 134 valence electrons. The number of nitrogens with zero attached hydrogens (tertiary/aromatic N) is 2. The van der Waals surface area contributed by atoms with Gasteiger partial charge in [0, 0.05) is 26.2 Å². The summed E-state index contributed by atoms with van der Waals surface area (Å²) in [5.74, 6) is -1.07. The molecule has 0 bridgehead atoms. The molecule has 2 aliphatic rings. The van der Waals surface area contributed by atoms with Crippen molar-refractivity contribution >= 4 is 17.9 Å². The lowest BCUT2D eigenvalue weighted by molar-refractivity contribution is -0.148. The molecule has 1 fully saturated rings. The first-order valence-corrected chi connectivity index (χ1v) is 8.38. The quantitative estimate of drug-likeness (QED) is 0.745. The summed E-state index contributed by atoms with van der Waals surface area (Å²) in [6.45, 7) is 3.74. The fraction of sp³-hybridized carbons (Fsp3) is 0.471. The zero-order valence-electron chi connectivity index (χ0n) is 14.1. The average Bonchev–Trinajstić information content (AvgIpc) is 3.01. The molecule has 8 heteroatoms. The highest BCUT2D eigenvalue weighted by molar-refractivity contribution is 5.90. The minimum Gasteiger partial charge on any atom is -0.465 e. The fourth-order valence-electron chi connectivity index (χ4n) is 3.27. The van der Waals surface area contributed by atoms with Gasteiger partial charge in [-0.15, -0.1) is 0 Å². The van der Waals surface area contributed by atoms with Crippen molar-refractivity contribution in [2.75, 3.05) is 19.6 Å². The van der Waals surface area contributed by atoms with Gasteiger partial charge in [0.25, 0.3) is 5.91 Å². The molecule has 1 aromatic rings. The van der Waals surface area contributed by atoms with Crippen molar-refractivity contribution in [2.45, 2.75) is 25.9 Å². The minimum atomic E-state index is -1.18. The fourth-order valence-corrected chi connectivity index (χ4v) is 3.27. The van der Waals surface area contributed by atoms with Crippen LogP contribution >= 0.6 is 0 Å². The number of carbonyl (C=O) groups excluding carboxylic acids is 2. The van der Waals surface area contributed by atoms with Gasteiger partial charge in [-0.1, -0.05) is 31.2 Å². The number of amides is 3. The molecule has 0 aliphatic carbocycles. The summed E-state index contributed by atoms with van der Waals surface area (Å²) in [5, 5.41) is 17.4. The highest BCUT2D eigenvalue weighted by Crippen LogP contribution is 2.29. The average molecular weight is 346 g/mol. The first-order valence-electron chi connectivity index (χ1n) is 8.38. The molecule has 3 N–H and O–H groups in total. The van der Waals surface area contributed by atoms with E-state index in [2.05, 4.69) is 10.6 Å². The maximum absolute atomic E-state index is 13.0. The number of fused-ring (bicyclic) bond motifs is 2. The Morgan fingerprint density at radius 2 is 2.08 bits per heavy atom. The van der Waals surface area contributed by atoms with Crippen LogP contribution in [0.1, 0.15) is 30.5 Å². The third-order valence-electron chi connectivity index (χ3n) is 4.64. The summed E-state index contributed by atoms with van der Waals surface area (Å²) in [5.41, 5.74) is 1.82. The number of hydrazine groups is 1. The molecule has 0 aromatic heterocycles. The van der Waals surface area contributed by atoms with Crippen molar-refractivity contribution in [1.29, 1.82) is 0 Å². The third kappa shape index (κ3) is 3.58. The van der Waals surface area contributed by atoms with Gasteiger partial charge in [0.1, 0.15) is 6.04 Å². The van der Waals surface area contributed by atoms with E-state index in [-0.39, 0.29) is 18.4 Å². The van der Waals surface area contributed by atoms with E-state index in [1.807, 2.05) is 29.3 Å². The Balaban J connectivity index is 1.81. The second kappa shape index (κ2) is 7.10. The zero-order valence-corrected chi connectivity index (χ0v) is 14.1. The van der Waals surface area contributed by atoms with Crippen LogP contribution in [0.2, 0.25) is 0 Å². The zero-order chi connectivity index (χ0) is 18.0. The molecule has 2 atom stereocenters. The SMILES string of the molecule is C[C@H](CNC(=O)O)C(=O)N[C@@H]1C(=O)N2CCCN2Cc2ccccc21. The van der Waals surface area contributed by atoms with Crippen LogP contribution in [0.3, 0.4) is 0 Å². The molecular weight excluding hydrogens is 324 g/mol. The van der Waals surface area contributed by atoms with Crippen molar-refractivity contribution in [3.63, 3.8) is 0 Å². The Morgan fingerprint density at radius 3 is 2.84 bits per heavy atom. The van der Waals surface area contributed by atoms with E-state index in [9.17, 15) is 14.4 Å². The number of hydrogen-bond acceptors (Lipinski definition) is 4. The highest BCUT2D eigenvalue weighted by atomic mass is 16.4. The molecule has 3 rings (SSSR count). The van der Waals surface area contributed by atoms with Crippen molar-refractivity contribution in [3.05, 3.63) is 35.4 Å². The Hall–Kier alpha value is -2.61. The molecule has 2 heterocycles. The summed E-state index contributed by atoms with van der Waals surface area (Å²) in [6.07, 6.45) is -0.267. The first-order chi connectivity index (χ1) is 12.0. The molecular formula is C17H22N4O4. The molecule has 0 unspecified atom stereocenters. The number of nitrogens with one attached hydrogen (secondary N) is 2. The lowest BCUT2D eigenvalue weighted by Crippen LogP contribution is -2.47. The smallest absolute Gasteiger partial charge is 0.404 e. The van der Waals surface area contributed by atoms with Gasteiger partial charge in [-0.3, -0.25) is 14.6 Å². The predicted octanol–water partition coefficient (Wildman–Crippen LogP) is 0.711. The van der Waals surface area contributed by atoms with E-state index in [1.165, 1.54) is 0 Å². The monoisotopic (exact) mass is 346 g/mol. The van der Waals surface area contributed by atoms with Gasteiger partial charge in [-0.05, 0) is 17.5 Å². The standard InChI is InChI=1S/C17H22N4O4/c1-11(9-18-17(24)25)15(22)19-14-13-6-3-2-5-12(13)10-20-7-4-8-21(20)16(14)23/h2-3,5-6,11,14,18H,4,7-10H2,1H3,(H,19,22)(H,24,25)/t11-,14+/m1/s1. The molecule has 25 heavy (non-hydrogen) atoms. The summed E-state index contributed by atoms with van der Waals surface area (Å²) >= 11 is 0. The van der Waals surface area contributed by atoms with Crippen LogP contribution in [0.25, 0.3) is 0 Å². The summed E-state index contributed by atoms with van der Waals surface area (Å²) in [4.78, 5) is 36.0. The van der Waals surface area contributed by atoms with Crippen LogP contribution < -0.4 is 10.6 Å². The van der Waals surface area contributed by atoms with Crippen molar-refractivity contribution in [2.24, 2.45) is 5.92 Å². The number of rotatable bonds is 4. The molecule has 8 nitrogen and oxygen atoms in total. The van der Waals surface area contributed by atoms with Crippen molar-refractivity contribution < 1.29 is 19.5 Å². The maximum Gasteiger partial charge on any atom is 0.404 e. The summed E-state index contributed by atoms with van der Waals surface area (Å²) in [6, 6.07) is 6.86. The number of carbonyl (C=O) groups is 3. The number of hydrogen-bond donors (Lipinski definition) is 3. The van der Waals surface area contributed by atoms with Crippen LogP contribution in [0.15, 0.2) is 24.3 Å². The molecule has 0 spiro atoms. The maximum atomic E-state index is 13.0. The van der Waals surface area contributed by atoms with Crippen molar-refractivity contribution in [1.82, 2.24) is 20.7 Å². The Labute approximate surface area is 145 Å². The van der Waals surface area contributed by atoms with Crippen LogP contribution in [-0.4, -0.2) is 52.7 Å². The summed E-state index contributed by atoms with van der Waals surface area (Å²) < 4.78 is 0. The second-order valence-electron chi connectivity index (χ2n) is 6.43. The van der Waals surface area contributed by atoms with E-state index in [1.54, 1.807) is 11.9 Å². The predicted molar refractivity (Wildman–Crippen MR) is 89.3 cm³/mol. The van der Waals surface area contributed by atoms with Crippen LogP contribution in [-0.2, 0) is 16.1 Å². The second-order valence-corrected chi connectivity index (χ2v) is 6.43. The molecule has 0 radical (unpaired) electrons. The number of carboxylic acid groups (broad SMARTS) is 1. The topological polar surface area (TPSA) is 102 Å². The molecule has 2 aliphatic heterocycles. The molecule has 1 aromatic carbocycles. The first kappa shape index (κ1) is 17.2. The lowest BCUT2D eigenvalue weighted by Gasteiger charge is -2.28. The van der Waals surface area contributed by atoms with Gasteiger partial charge in [0.2, 0.25) is 5.91 Å². The van der Waals surface area contributed by atoms with E-state index in [4.69, 9.17) is 5.11 Å². The van der Waals surface area contributed by atoms with Gasteiger partial charge in [0.05, 0.1) is 5.92 Å². The van der Waals surface area contributed by atoms with Crippen molar-refractivity contribution in [3.8, 4) is 0 Å².